The van der Waals surface area contributed by atoms with Crippen molar-refractivity contribution in [1.29, 1.82) is 0 Å². The van der Waals surface area contributed by atoms with Crippen LogP contribution in [-0.2, 0) is 30.7 Å². The molecule has 0 aromatic heterocycles. The van der Waals surface area contributed by atoms with E-state index in [0.717, 1.165) is 0 Å². The average Bonchev–Trinajstić information content (AvgIpc) is 2.53. The van der Waals surface area contributed by atoms with Crippen LogP contribution in [0.15, 0.2) is 0 Å². The van der Waals surface area contributed by atoms with Crippen LogP contribution in [-0.4, -0.2) is 44.6 Å². The van der Waals surface area contributed by atoms with E-state index < -0.39 is 42.2 Å². The van der Waals surface area contributed by atoms with Gasteiger partial charge in [0.05, 0.1) is 0 Å². The lowest BCUT2D eigenvalue weighted by Crippen LogP contribution is -2.50. The van der Waals surface area contributed by atoms with Crippen molar-refractivity contribution >= 4 is 29.7 Å². The molecule has 0 unspecified atom stereocenters. The summed E-state index contributed by atoms with van der Waals surface area (Å²) in [6.45, 7) is 8.19. The molecular weight excluding hydrogens is 442 g/mol. The highest BCUT2D eigenvalue weighted by molar-refractivity contribution is 7.91. The van der Waals surface area contributed by atoms with Crippen LogP contribution in [0, 0.1) is 29.1 Å². The van der Waals surface area contributed by atoms with Crippen LogP contribution >= 0.6 is 0 Å². The lowest BCUT2D eigenvalue weighted by molar-refractivity contribution is -0.372. The van der Waals surface area contributed by atoms with Gasteiger partial charge in [-0.1, -0.05) is 0 Å². The van der Waals surface area contributed by atoms with Crippen LogP contribution < -0.4 is 14.7 Å². The van der Waals surface area contributed by atoms with Gasteiger partial charge in [-0.2, -0.15) is 17.1 Å². The van der Waals surface area contributed by atoms with Gasteiger partial charge in [0.2, 0.25) is 29.1 Å². The normalized spacial score (nSPS) is 10.7. The summed E-state index contributed by atoms with van der Waals surface area (Å²) >= 11 is 0.309. The van der Waals surface area contributed by atoms with Crippen molar-refractivity contribution in [1.82, 2.24) is 0 Å². The highest BCUT2D eigenvalue weighted by Crippen LogP contribution is 2.28. The predicted octanol–water partition coefficient (Wildman–Crippen LogP) is 1.87. The number of hydrogen-bond acceptors (Lipinski definition) is 5. The molecule has 1 aromatic carbocycles. The number of rotatable bonds is 6. The Morgan fingerprint density at radius 3 is 1.10 bits per heavy atom. The van der Waals surface area contributed by atoms with Gasteiger partial charge in [0.25, 0.3) is 0 Å². The molecule has 0 spiro atoms. The van der Waals surface area contributed by atoms with Gasteiger partial charge in [0.1, 0.15) is 66.9 Å². The Balaban J connectivity index is 0. The van der Waals surface area contributed by atoms with Gasteiger partial charge in [-0.25, -0.2) is 13.2 Å². The predicted molar refractivity (Wildman–Crippen MR) is 103 cm³/mol. The third-order valence-corrected chi connectivity index (χ3v) is 3.69. The fourth-order valence-electron chi connectivity index (χ4n) is 1.55. The van der Waals surface area contributed by atoms with Crippen molar-refractivity contribution in [3.63, 3.8) is 0 Å². The zero-order valence-electron chi connectivity index (χ0n) is 17.5. The second-order valence-electron chi connectivity index (χ2n) is 6.08. The molecule has 13 heteroatoms. The van der Waals surface area contributed by atoms with E-state index in [1.54, 1.807) is 0 Å². The van der Waals surface area contributed by atoms with Gasteiger partial charge in [0.15, 0.2) is 5.75 Å². The number of halogens is 5. The van der Waals surface area contributed by atoms with Crippen LogP contribution in [0.5, 0.6) is 5.75 Å². The Morgan fingerprint density at radius 2 is 0.931 bits per heavy atom. The summed E-state index contributed by atoms with van der Waals surface area (Å²) in [4.78, 5) is 0. The third kappa shape index (κ3) is 14.0. The van der Waals surface area contributed by atoms with E-state index >= 15 is 0 Å². The summed E-state index contributed by atoms with van der Waals surface area (Å²) in [7, 11) is -3.20. The van der Waals surface area contributed by atoms with E-state index in [4.69, 9.17) is 8.37 Å². The molecule has 0 N–H and O–H groups in total. The summed E-state index contributed by atoms with van der Waals surface area (Å²) in [5.41, 5.74) is 0. The van der Waals surface area contributed by atoms with Crippen molar-refractivity contribution in [3.8, 4) is 5.75 Å². The minimum atomic E-state index is -3.20. The van der Waals surface area contributed by atoms with E-state index in [9.17, 15) is 32.0 Å². The number of hydrogen-bond donors (Lipinski definition) is 0. The van der Waals surface area contributed by atoms with Gasteiger partial charge in [0, 0.05) is 0 Å². The second kappa shape index (κ2) is 15.1. The quantitative estimate of drug-likeness (QED) is 0.210. The molecule has 0 fully saturated rings. The number of benzene rings is 1. The molecule has 0 radical (unpaired) electrons. The summed E-state index contributed by atoms with van der Waals surface area (Å²) in [5, 5.41) is 19.7. The molecule has 0 aliphatic rings. The van der Waals surface area contributed by atoms with Crippen molar-refractivity contribution in [2.24, 2.45) is 0 Å². The molecule has 0 bridgehead atoms. The van der Waals surface area contributed by atoms with E-state index in [-0.39, 0.29) is 22.4 Å². The molecule has 1 rings (SSSR count). The topological polar surface area (TPSA) is 73.8 Å². The van der Waals surface area contributed by atoms with Gasteiger partial charge in [-0.3, -0.25) is 0 Å². The zero-order chi connectivity index (χ0) is 23.5. The maximum Gasteiger partial charge on any atom is 0.205 e. The fraction of sp³-hybridized carbons (Fsp3) is 0.625. The summed E-state index contributed by atoms with van der Waals surface area (Å²) in [6, 6.07) is 0. The molecule has 170 valence electrons. The van der Waals surface area contributed by atoms with Crippen molar-refractivity contribution in [3.05, 3.63) is 29.1 Å². The van der Waals surface area contributed by atoms with Gasteiger partial charge in [-0.15, -0.1) is 0 Å². The molecule has 0 aliphatic heterocycles. The molecule has 0 atom stereocenters. The smallest absolute Gasteiger partial charge is 0.205 e. The SMILES string of the molecule is CC(C)O[S+](C)C.CC(C)O[S+](C)C.[O-]B([O-])Oc1c(F)c(F)c(F)c(F)c1F. The lowest BCUT2D eigenvalue weighted by Gasteiger charge is -2.27. The van der Waals surface area contributed by atoms with Gasteiger partial charge < -0.3 is 14.7 Å². The van der Waals surface area contributed by atoms with Gasteiger partial charge >= 0.3 is 0 Å². The first-order valence-corrected chi connectivity index (χ1v) is 12.0. The molecular formula is C16H26BF5O5S2. The third-order valence-electron chi connectivity index (χ3n) is 2.15. The first-order valence-electron chi connectivity index (χ1n) is 8.10. The van der Waals surface area contributed by atoms with E-state index in [0.29, 0.717) is 12.2 Å². The molecule has 1 aromatic rings. The van der Waals surface area contributed by atoms with Crippen LogP contribution in [0.4, 0.5) is 22.0 Å². The molecule has 0 aliphatic carbocycles. The molecule has 0 saturated heterocycles. The highest BCUT2D eigenvalue weighted by atomic mass is 32.2. The zero-order valence-corrected chi connectivity index (χ0v) is 19.1. The van der Waals surface area contributed by atoms with E-state index in [2.05, 4.69) is 29.7 Å². The largest absolute Gasteiger partial charge is 0.860 e. The van der Waals surface area contributed by atoms with Crippen LogP contribution in [0.1, 0.15) is 27.7 Å². The van der Waals surface area contributed by atoms with Crippen molar-refractivity contribution < 1.29 is 45.0 Å². The Morgan fingerprint density at radius 1 is 0.655 bits per heavy atom. The minimum Gasteiger partial charge on any atom is -0.860 e. The maximum absolute atomic E-state index is 12.6. The standard InChI is InChI=1S/C6BF5O3.2C5H13OS/c8-1-2(9)4(11)6(15-7(13)14)5(12)3(1)10;2*1-5(2)6-7(3)4/h;2*5H,1-4H3/q-2;2*+1. The fourth-order valence-corrected chi connectivity index (χ4v) is 3.09. The lowest BCUT2D eigenvalue weighted by atomic mass is 10.2. The monoisotopic (exact) mass is 468 g/mol. The first-order chi connectivity index (χ1) is 13.1. The summed E-state index contributed by atoms with van der Waals surface area (Å²) in [6.07, 6.45) is 9.05. The Kier molecular flexibility index (Phi) is 15.9. The molecule has 0 amide bonds. The first kappa shape index (κ1) is 30.5. The molecule has 0 saturated carbocycles. The van der Waals surface area contributed by atoms with Crippen molar-refractivity contribution in [2.45, 2.75) is 39.9 Å². The molecule has 29 heavy (non-hydrogen) atoms. The van der Waals surface area contributed by atoms with E-state index in [1.807, 2.05) is 27.7 Å². The Hall–Kier alpha value is -0.725. The minimum absolute atomic E-state index is 0.154. The molecule has 0 heterocycles. The van der Waals surface area contributed by atoms with E-state index in [1.165, 1.54) is 0 Å². The van der Waals surface area contributed by atoms with Crippen LogP contribution in [0.2, 0.25) is 0 Å². The van der Waals surface area contributed by atoms with Crippen LogP contribution in [0.3, 0.4) is 0 Å². The van der Waals surface area contributed by atoms with Crippen molar-refractivity contribution in [2.75, 3.05) is 25.0 Å². The summed E-state index contributed by atoms with van der Waals surface area (Å²) in [5.74, 6) is -13.6. The Bertz CT molecular complexity index is 553. The Labute approximate surface area is 174 Å². The highest BCUT2D eigenvalue weighted by Gasteiger charge is 2.26. The summed E-state index contributed by atoms with van der Waals surface area (Å²) < 4.78 is 76.4. The molecule has 5 nitrogen and oxygen atoms in total. The van der Waals surface area contributed by atoms with Gasteiger partial charge in [-0.05, 0) is 27.7 Å². The van der Waals surface area contributed by atoms with Crippen LogP contribution in [0.25, 0.3) is 0 Å². The average molecular weight is 468 g/mol. The maximum atomic E-state index is 12.6. The second-order valence-corrected chi connectivity index (χ2v) is 9.43.